The van der Waals surface area contributed by atoms with Gasteiger partial charge in [-0.05, 0) is 18.6 Å². The van der Waals surface area contributed by atoms with Crippen LogP contribution in [0.2, 0.25) is 0 Å². The molecule has 0 saturated heterocycles. The average Bonchev–Trinajstić information content (AvgIpc) is 2.45. The van der Waals surface area contributed by atoms with E-state index in [-0.39, 0.29) is 0 Å². The Morgan fingerprint density at radius 1 is 1.46 bits per heavy atom. The smallest absolute Gasteiger partial charge is 0.225 e. The molecule has 0 aliphatic carbocycles. The molecular weight excluding hydrogens is 226 g/mol. The van der Waals surface area contributed by atoms with E-state index in [4.69, 9.17) is 5.14 Å². The lowest BCUT2D eigenvalue weighted by Crippen LogP contribution is -2.12. The van der Waals surface area contributed by atoms with Crippen molar-refractivity contribution in [2.45, 2.75) is 22.6 Å². The quantitative estimate of drug-likeness (QED) is 0.801. The largest absolute Gasteiger partial charge is 0.240 e. The van der Waals surface area contributed by atoms with Gasteiger partial charge in [0.1, 0.15) is 4.90 Å². The Morgan fingerprint density at radius 2 is 2.23 bits per heavy atom. The van der Waals surface area contributed by atoms with Gasteiger partial charge in [-0.2, -0.15) is 0 Å². The lowest BCUT2D eigenvalue weighted by molar-refractivity contribution is 0.596. The molecular formula is C7H9NO2S3. The van der Waals surface area contributed by atoms with Crippen LogP contribution >= 0.6 is 23.1 Å². The number of thioether (sulfide) groups is 1. The van der Waals surface area contributed by atoms with Gasteiger partial charge in [0.05, 0.1) is 0 Å². The molecule has 2 N–H and O–H groups in total. The summed E-state index contributed by atoms with van der Waals surface area (Å²) >= 11 is 3.10. The van der Waals surface area contributed by atoms with Crippen LogP contribution in [0.5, 0.6) is 0 Å². The molecule has 0 unspecified atom stereocenters. The Hall–Kier alpha value is -0.0400. The van der Waals surface area contributed by atoms with Gasteiger partial charge in [-0.3, -0.25) is 0 Å². The standard InChI is InChI=1S/C7H9NO2S3/c8-13(9,10)6-4-12-5-2-1-3-11-7(5)6/h4H,1-3H2,(H2,8,9,10). The first kappa shape index (κ1) is 9.51. The van der Waals surface area contributed by atoms with E-state index in [1.807, 2.05) is 0 Å². The van der Waals surface area contributed by atoms with Crippen molar-refractivity contribution in [3.05, 3.63) is 10.3 Å². The van der Waals surface area contributed by atoms with Gasteiger partial charge in [-0.25, -0.2) is 13.6 Å². The first-order chi connectivity index (χ1) is 6.09. The molecule has 1 aromatic rings. The topological polar surface area (TPSA) is 60.2 Å². The number of aryl methyl sites for hydroxylation is 1. The van der Waals surface area contributed by atoms with E-state index in [0.29, 0.717) is 4.90 Å². The van der Waals surface area contributed by atoms with Gasteiger partial charge in [0.15, 0.2) is 0 Å². The van der Waals surface area contributed by atoms with Crippen molar-refractivity contribution in [3.63, 3.8) is 0 Å². The molecule has 0 atom stereocenters. The lowest BCUT2D eigenvalue weighted by atomic mass is 10.3. The second kappa shape index (κ2) is 3.27. The summed E-state index contributed by atoms with van der Waals surface area (Å²) in [6.45, 7) is 0. The molecule has 6 heteroatoms. The zero-order chi connectivity index (χ0) is 9.47. The summed E-state index contributed by atoms with van der Waals surface area (Å²) in [6, 6.07) is 0. The predicted octanol–water partition coefficient (Wildman–Crippen LogP) is 1.43. The van der Waals surface area contributed by atoms with Gasteiger partial charge in [-0.1, -0.05) is 0 Å². The minimum absolute atomic E-state index is 0.317. The van der Waals surface area contributed by atoms with Crippen LogP contribution < -0.4 is 5.14 Å². The van der Waals surface area contributed by atoms with Crippen molar-refractivity contribution in [1.82, 2.24) is 0 Å². The molecule has 1 aliphatic rings. The highest BCUT2D eigenvalue weighted by atomic mass is 32.2. The van der Waals surface area contributed by atoms with E-state index in [9.17, 15) is 8.42 Å². The van der Waals surface area contributed by atoms with E-state index >= 15 is 0 Å². The number of fused-ring (bicyclic) bond motifs is 1. The van der Waals surface area contributed by atoms with E-state index < -0.39 is 10.0 Å². The van der Waals surface area contributed by atoms with E-state index in [1.54, 1.807) is 17.1 Å². The first-order valence-electron chi connectivity index (χ1n) is 3.85. The molecule has 0 saturated carbocycles. The lowest BCUT2D eigenvalue weighted by Gasteiger charge is -2.10. The molecule has 2 heterocycles. The van der Waals surface area contributed by atoms with Crippen LogP contribution in [0.3, 0.4) is 0 Å². The fourth-order valence-electron chi connectivity index (χ4n) is 1.30. The van der Waals surface area contributed by atoms with Gasteiger partial charge in [0.25, 0.3) is 0 Å². The summed E-state index contributed by atoms with van der Waals surface area (Å²) in [5.74, 6) is 0.992. The fourth-order valence-corrected chi connectivity index (χ4v) is 5.15. The molecule has 1 aromatic heterocycles. The average molecular weight is 235 g/mol. The third-order valence-electron chi connectivity index (χ3n) is 1.89. The van der Waals surface area contributed by atoms with Gasteiger partial charge in [0, 0.05) is 15.2 Å². The SMILES string of the molecule is NS(=O)(=O)c1csc2c1SCCC2. The number of rotatable bonds is 1. The molecule has 0 radical (unpaired) electrons. The summed E-state index contributed by atoms with van der Waals surface area (Å²) in [6.07, 6.45) is 2.12. The van der Waals surface area contributed by atoms with Crippen molar-refractivity contribution in [3.8, 4) is 0 Å². The van der Waals surface area contributed by atoms with E-state index in [0.717, 1.165) is 23.5 Å². The Balaban J connectivity index is 2.55. The molecule has 0 aromatic carbocycles. The fraction of sp³-hybridized carbons (Fsp3) is 0.429. The third-order valence-corrected chi connectivity index (χ3v) is 5.52. The highest BCUT2D eigenvalue weighted by Crippen LogP contribution is 2.39. The maximum Gasteiger partial charge on any atom is 0.240 e. The zero-order valence-electron chi connectivity index (χ0n) is 6.82. The van der Waals surface area contributed by atoms with Crippen LogP contribution in [-0.2, 0) is 16.4 Å². The van der Waals surface area contributed by atoms with Gasteiger partial charge >= 0.3 is 0 Å². The molecule has 13 heavy (non-hydrogen) atoms. The molecule has 1 aliphatic heterocycles. The third kappa shape index (κ3) is 1.76. The number of primary sulfonamides is 1. The second-order valence-corrected chi connectivity index (χ2v) is 6.45. The number of thiophene rings is 1. The number of hydrogen-bond donors (Lipinski definition) is 1. The summed E-state index contributed by atoms with van der Waals surface area (Å²) in [5.41, 5.74) is 0. The van der Waals surface area contributed by atoms with Crippen molar-refractivity contribution in [2.24, 2.45) is 5.14 Å². The minimum Gasteiger partial charge on any atom is -0.225 e. The Labute approximate surface area is 85.4 Å². The van der Waals surface area contributed by atoms with Crippen LogP contribution in [0.1, 0.15) is 11.3 Å². The van der Waals surface area contributed by atoms with Crippen LogP contribution in [0.4, 0.5) is 0 Å². The molecule has 0 bridgehead atoms. The van der Waals surface area contributed by atoms with Crippen molar-refractivity contribution < 1.29 is 8.42 Å². The van der Waals surface area contributed by atoms with Crippen LogP contribution in [0, 0.1) is 0 Å². The van der Waals surface area contributed by atoms with Gasteiger partial charge in [-0.15, -0.1) is 23.1 Å². The summed E-state index contributed by atoms with van der Waals surface area (Å²) in [7, 11) is -3.51. The highest BCUT2D eigenvalue weighted by Gasteiger charge is 2.22. The maximum atomic E-state index is 11.1. The summed E-state index contributed by atoms with van der Waals surface area (Å²) in [4.78, 5) is 2.37. The van der Waals surface area contributed by atoms with Crippen LogP contribution in [-0.4, -0.2) is 14.2 Å². The van der Waals surface area contributed by atoms with Crippen molar-refractivity contribution in [2.75, 3.05) is 5.75 Å². The summed E-state index contributed by atoms with van der Waals surface area (Å²) in [5, 5.41) is 6.74. The molecule has 3 nitrogen and oxygen atoms in total. The van der Waals surface area contributed by atoms with Crippen LogP contribution in [0.25, 0.3) is 0 Å². The van der Waals surface area contributed by atoms with Gasteiger partial charge < -0.3 is 0 Å². The number of nitrogens with two attached hydrogens (primary N) is 1. The monoisotopic (exact) mass is 235 g/mol. The normalized spacial score (nSPS) is 17.0. The van der Waals surface area contributed by atoms with E-state index in [1.165, 1.54) is 16.2 Å². The molecule has 0 amide bonds. The molecule has 72 valence electrons. The van der Waals surface area contributed by atoms with E-state index in [2.05, 4.69) is 0 Å². The predicted molar refractivity (Wildman–Crippen MR) is 54.7 cm³/mol. The molecule has 0 fully saturated rings. The zero-order valence-corrected chi connectivity index (χ0v) is 9.27. The first-order valence-corrected chi connectivity index (χ1v) is 7.26. The second-order valence-electron chi connectivity index (χ2n) is 2.85. The van der Waals surface area contributed by atoms with Crippen LogP contribution in [0.15, 0.2) is 15.2 Å². The summed E-state index contributed by atoms with van der Waals surface area (Å²) < 4.78 is 22.3. The Kier molecular flexibility index (Phi) is 2.39. The Morgan fingerprint density at radius 3 is 2.92 bits per heavy atom. The Bertz CT molecular complexity index is 421. The minimum atomic E-state index is -3.51. The number of sulfonamides is 1. The van der Waals surface area contributed by atoms with Gasteiger partial charge in [0.2, 0.25) is 10.0 Å². The highest BCUT2D eigenvalue weighted by molar-refractivity contribution is 8.00. The molecule has 0 spiro atoms. The van der Waals surface area contributed by atoms with Crippen molar-refractivity contribution >= 4 is 33.1 Å². The maximum absolute atomic E-state index is 11.1. The molecule has 2 rings (SSSR count). The van der Waals surface area contributed by atoms with Crippen molar-refractivity contribution in [1.29, 1.82) is 0 Å². The number of hydrogen-bond acceptors (Lipinski definition) is 4.